The molecule has 2 nitrogen and oxygen atoms in total. The summed E-state index contributed by atoms with van der Waals surface area (Å²) in [5, 5.41) is 0. The molecular weight excluding hydrogens is 159 g/mol. The molecule has 3 heteroatoms. The van der Waals surface area contributed by atoms with Gasteiger partial charge in [-0.3, -0.25) is 0 Å². The highest BCUT2D eigenvalue weighted by Gasteiger charge is 1.93. The SMILES string of the molecule is COCc1ccc(OCF)cc1. The molecule has 66 valence electrons. The molecule has 0 aliphatic carbocycles. The second-order valence-corrected chi connectivity index (χ2v) is 2.33. The van der Waals surface area contributed by atoms with Gasteiger partial charge in [-0.2, -0.15) is 0 Å². The van der Waals surface area contributed by atoms with Crippen LogP contribution in [0.3, 0.4) is 0 Å². The normalized spacial score (nSPS) is 9.83. The molecule has 0 saturated heterocycles. The lowest BCUT2D eigenvalue weighted by Gasteiger charge is -2.02. The van der Waals surface area contributed by atoms with Crippen LogP contribution in [0.4, 0.5) is 4.39 Å². The summed E-state index contributed by atoms with van der Waals surface area (Å²) in [4.78, 5) is 0. The van der Waals surface area contributed by atoms with Crippen LogP contribution in [0.2, 0.25) is 0 Å². The van der Waals surface area contributed by atoms with Crippen molar-refractivity contribution in [3.8, 4) is 5.75 Å². The van der Waals surface area contributed by atoms with Gasteiger partial charge >= 0.3 is 0 Å². The molecule has 0 amide bonds. The minimum absolute atomic E-state index is 0.539. The van der Waals surface area contributed by atoms with E-state index in [0.717, 1.165) is 5.56 Å². The Morgan fingerprint density at radius 2 is 1.92 bits per heavy atom. The van der Waals surface area contributed by atoms with Gasteiger partial charge in [0.2, 0.25) is 6.86 Å². The summed E-state index contributed by atoms with van der Waals surface area (Å²) in [7, 11) is 1.63. The first-order chi connectivity index (χ1) is 5.86. The Labute approximate surface area is 70.9 Å². The Bertz CT molecular complexity index is 195. The van der Waals surface area contributed by atoms with Crippen LogP contribution in [0.1, 0.15) is 5.56 Å². The maximum absolute atomic E-state index is 11.7. The summed E-state index contributed by atoms with van der Waals surface area (Å²) in [5.41, 5.74) is 1.05. The molecule has 12 heavy (non-hydrogen) atoms. The van der Waals surface area contributed by atoms with Crippen LogP contribution < -0.4 is 4.74 Å². The number of hydrogen-bond acceptors (Lipinski definition) is 2. The summed E-state index contributed by atoms with van der Waals surface area (Å²) in [6.45, 7) is -0.223. The minimum Gasteiger partial charge on any atom is -0.463 e. The highest BCUT2D eigenvalue weighted by molar-refractivity contribution is 5.26. The molecule has 0 radical (unpaired) electrons. The van der Waals surface area contributed by atoms with Crippen molar-refractivity contribution < 1.29 is 13.9 Å². The van der Waals surface area contributed by atoms with Crippen LogP contribution in [-0.2, 0) is 11.3 Å². The van der Waals surface area contributed by atoms with Gasteiger partial charge in [0.1, 0.15) is 5.75 Å². The van der Waals surface area contributed by atoms with Gasteiger partial charge in [-0.15, -0.1) is 0 Å². The molecule has 1 aromatic carbocycles. The largest absolute Gasteiger partial charge is 0.463 e. The molecule has 0 aromatic heterocycles. The topological polar surface area (TPSA) is 18.5 Å². The predicted octanol–water partition coefficient (Wildman–Crippen LogP) is 2.14. The monoisotopic (exact) mass is 170 g/mol. The lowest BCUT2D eigenvalue weighted by Crippen LogP contribution is -1.91. The zero-order chi connectivity index (χ0) is 8.81. The number of hydrogen-bond donors (Lipinski definition) is 0. The van der Waals surface area contributed by atoms with Gasteiger partial charge in [-0.1, -0.05) is 12.1 Å². The van der Waals surface area contributed by atoms with Crippen molar-refractivity contribution in [2.45, 2.75) is 6.61 Å². The van der Waals surface area contributed by atoms with Gasteiger partial charge in [-0.25, -0.2) is 4.39 Å². The van der Waals surface area contributed by atoms with E-state index in [4.69, 9.17) is 4.74 Å². The van der Waals surface area contributed by atoms with Crippen molar-refractivity contribution in [3.05, 3.63) is 29.8 Å². The molecule has 0 fully saturated rings. The van der Waals surface area contributed by atoms with E-state index in [2.05, 4.69) is 4.74 Å². The summed E-state index contributed by atoms with van der Waals surface area (Å²) in [6, 6.07) is 7.12. The van der Waals surface area contributed by atoms with E-state index in [0.29, 0.717) is 12.4 Å². The second kappa shape index (κ2) is 4.72. The van der Waals surface area contributed by atoms with Crippen molar-refractivity contribution in [2.75, 3.05) is 14.0 Å². The van der Waals surface area contributed by atoms with Gasteiger partial charge in [0.15, 0.2) is 0 Å². The number of ether oxygens (including phenoxy) is 2. The van der Waals surface area contributed by atoms with Crippen molar-refractivity contribution >= 4 is 0 Å². The third kappa shape index (κ3) is 2.51. The maximum Gasteiger partial charge on any atom is 0.228 e. The second-order valence-electron chi connectivity index (χ2n) is 2.33. The van der Waals surface area contributed by atoms with E-state index < -0.39 is 6.86 Å². The number of halogens is 1. The third-order valence-corrected chi connectivity index (χ3v) is 1.46. The Morgan fingerprint density at radius 3 is 2.42 bits per heavy atom. The fraction of sp³-hybridized carbons (Fsp3) is 0.333. The van der Waals surface area contributed by atoms with Gasteiger partial charge in [0, 0.05) is 7.11 Å². The van der Waals surface area contributed by atoms with E-state index in [1.165, 1.54) is 0 Å². The van der Waals surface area contributed by atoms with Crippen LogP contribution in [0.15, 0.2) is 24.3 Å². The molecule has 0 atom stereocenters. The highest BCUT2D eigenvalue weighted by atomic mass is 19.1. The zero-order valence-electron chi connectivity index (χ0n) is 6.92. The van der Waals surface area contributed by atoms with Crippen LogP contribution in [0.25, 0.3) is 0 Å². The standard InChI is InChI=1S/C9H11FO2/c1-11-6-8-2-4-9(5-3-8)12-7-10/h2-5H,6-7H2,1H3. The van der Waals surface area contributed by atoms with E-state index in [1.807, 2.05) is 12.1 Å². The molecule has 1 rings (SSSR count). The summed E-state index contributed by atoms with van der Waals surface area (Å²) >= 11 is 0. The smallest absolute Gasteiger partial charge is 0.228 e. The van der Waals surface area contributed by atoms with E-state index >= 15 is 0 Å². The number of methoxy groups -OCH3 is 1. The van der Waals surface area contributed by atoms with Crippen LogP contribution in [0.5, 0.6) is 5.75 Å². The average Bonchev–Trinajstić information content (AvgIpc) is 2.09. The molecule has 0 saturated carbocycles. The lowest BCUT2D eigenvalue weighted by atomic mass is 10.2. The summed E-state index contributed by atoms with van der Waals surface area (Å²) < 4.78 is 21.2. The Morgan fingerprint density at radius 1 is 1.25 bits per heavy atom. The van der Waals surface area contributed by atoms with Crippen molar-refractivity contribution in [2.24, 2.45) is 0 Å². The highest BCUT2D eigenvalue weighted by Crippen LogP contribution is 2.12. The third-order valence-electron chi connectivity index (χ3n) is 1.46. The van der Waals surface area contributed by atoms with Gasteiger partial charge < -0.3 is 9.47 Å². The number of benzene rings is 1. The van der Waals surface area contributed by atoms with E-state index in [9.17, 15) is 4.39 Å². The maximum atomic E-state index is 11.7. The number of alkyl halides is 1. The van der Waals surface area contributed by atoms with E-state index in [1.54, 1.807) is 19.2 Å². The van der Waals surface area contributed by atoms with E-state index in [-0.39, 0.29) is 0 Å². The molecule has 0 heterocycles. The zero-order valence-corrected chi connectivity index (χ0v) is 6.92. The summed E-state index contributed by atoms with van der Waals surface area (Å²) in [6.07, 6.45) is 0. The van der Waals surface area contributed by atoms with Crippen LogP contribution in [-0.4, -0.2) is 14.0 Å². The predicted molar refractivity (Wildman–Crippen MR) is 43.8 cm³/mol. The first-order valence-corrected chi connectivity index (χ1v) is 3.63. The molecule has 0 bridgehead atoms. The molecular formula is C9H11FO2. The van der Waals surface area contributed by atoms with Crippen LogP contribution >= 0.6 is 0 Å². The van der Waals surface area contributed by atoms with Gasteiger partial charge in [-0.05, 0) is 17.7 Å². The lowest BCUT2D eigenvalue weighted by molar-refractivity contribution is 0.183. The number of rotatable bonds is 4. The Hall–Kier alpha value is -1.09. The first kappa shape index (κ1) is 9.00. The minimum atomic E-state index is -0.788. The quantitative estimate of drug-likeness (QED) is 0.689. The van der Waals surface area contributed by atoms with Crippen molar-refractivity contribution in [1.29, 1.82) is 0 Å². The van der Waals surface area contributed by atoms with Crippen molar-refractivity contribution in [1.82, 2.24) is 0 Å². The summed E-state index contributed by atoms with van der Waals surface area (Å²) in [5.74, 6) is 0.539. The van der Waals surface area contributed by atoms with Crippen LogP contribution in [0, 0.1) is 0 Å². The fourth-order valence-electron chi connectivity index (χ4n) is 0.912. The molecule has 1 aromatic rings. The molecule has 0 N–H and O–H groups in total. The first-order valence-electron chi connectivity index (χ1n) is 3.63. The fourth-order valence-corrected chi connectivity index (χ4v) is 0.912. The molecule has 0 unspecified atom stereocenters. The van der Waals surface area contributed by atoms with Gasteiger partial charge in [0.05, 0.1) is 6.61 Å². The molecule has 0 aliphatic rings. The van der Waals surface area contributed by atoms with Gasteiger partial charge in [0.25, 0.3) is 0 Å². The average molecular weight is 170 g/mol. The molecule has 0 spiro atoms. The Balaban J connectivity index is 2.58. The Kier molecular flexibility index (Phi) is 3.54. The molecule has 0 aliphatic heterocycles. The van der Waals surface area contributed by atoms with Crippen molar-refractivity contribution in [3.63, 3.8) is 0 Å².